The van der Waals surface area contributed by atoms with Crippen LogP contribution >= 0.6 is 0 Å². The third-order valence-corrected chi connectivity index (χ3v) is 2.66. The average Bonchev–Trinajstić information content (AvgIpc) is 2.39. The topological polar surface area (TPSA) is 85.5 Å². The van der Waals surface area contributed by atoms with Crippen LogP contribution in [0.25, 0.3) is 0 Å². The van der Waals surface area contributed by atoms with E-state index in [0.717, 1.165) is 6.29 Å². The largest absolute Gasteiger partial charge is 0.377 e. The van der Waals surface area contributed by atoms with Gasteiger partial charge in [0, 0.05) is 18.3 Å². The van der Waals surface area contributed by atoms with E-state index in [1.54, 1.807) is 17.0 Å². The number of anilines is 1. The number of hydrogen-bond donors (Lipinski definition) is 1. The van der Waals surface area contributed by atoms with Gasteiger partial charge in [0.15, 0.2) is 6.29 Å². The lowest BCUT2D eigenvalue weighted by Gasteiger charge is -2.34. The minimum atomic E-state index is -0.502. The molecular weight excluding hydrogens is 222 g/mol. The van der Waals surface area contributed by atoms with E-state index in [2.05, 4.69) is 4.98 Å². The van der Waals surface area contributed by atoms with Crippen molar-refractivity contribution in [2.24, 2.45) is 5.73 Å². The van der Waals surface area contributed by atoms with Gasteiger partial charge < -0.3 is 15.4 Å². The van der Waals surface area contributed by atoms with E-state index in [0.29, 0.717) is 24.5 Å². The molecular formula is C11H13N3O3. The fraction of sp³-hybridized carbons (Fsp3) is 0.364. The molecule has 0 radical (unpaired) electrons. The van der Waals surface area contributed by atoms with Crippen molar-refractivity contribution >= 4 is 18.0 Å². The summed E-state index contributed by atoms with van der Waals surface area (Å²) in [6, 6.07) is 2.85. The second-order valence-corrected chi connectivity index (χ2v) is 3.75. The van der Waals surface area contributed by atoms with Gasteiger partial charge in [-0.15, -0.1) is 0 Å². The van der Waals surface area contributed by atoms with Gasteiger partial charge in [-0.2, -0.15) is 0 Å². The SMILES string of the molecule is NC(=O)C1COCCN1c1ccc(C=O)cn1. The van der Waals surface area contributed by atoms with Gasteiger partial charge in [0.2, 0.25) is 5.91 Å². The smallest absolute Gasteiger partial charge is 0.242 e. The van der Waals surface area contributed by atoms with E-state index in [-0.39, 0.29) is 6.61 Å². The number of nitrogens with two attached hydrogens (primary N) is 1. The maximum atomic E-state index is 11.3. The van der Waals surface area contributed by atoms with Crippen LogP contribution in [0.15, 0.2) is 18.3 Å². The molecule has 0 bridgehead atoms. The van der Waals surface area contributed by atoms with E-state index < -0.39 is 11.9 Å². The molecule has 0 aliphatic carbocycles. The number of nitrogens with zero attached hydrogens (tertiary/aromatic N) is 2. The molecule has 1 saturated heterocycles. The first-order chi connectivity index (χ1) is 8.22. The average molecular weight is 235 g/mol. The summed E-state index contributed by atoms with van der Waals surface area (Å²) in [4.78, 5) is 27.7. The van der Waals surface area contributed by atoms with Crippen LogP contribution in [0.5, 0.6) is 0 Å². The standard InChI is InChI=1S/C11H13N3O3/c12-11(16)9-7-17-4-3-14(9)10-2-1-8(6-15)5-13-10/h1-2,5-6,9H,3-4,7H2,(H2,12,16). The predicted octanol–water partition coefficient (Wildman–Crippen LogP) is -0.415. The lowest BCUT2D eigenvalue weighted by Crippen LogP contribution is -2.52. The Morgan fingerprint density at radius 3 is 3.00 bits per heavy atom. The number of rotatable bonds is 3. The number of ether oxygens (including phenoxy) is 1. The monoisotopic (exact) mass is 235 g/mol. The Labute approximate surface area is 98.4 Å². The zero-order valence-corrected chi connectivity index (χ0v) is 9.20. The lowest BCUT2D eigenvalue weighted by molar-refractivity contribution is -0.121. The number of aromatic nitrogens is 1. The lowest BCUT2D eigenvalue weighted by atomic mass is 10.2. The van der Waals surface area contributed by atoms with E-state index in [4.69, 9.17) is 10.5 Å². The molecule has 6 nitrogen and oxygen atoms in total. The summed E-state index contributed by atoms with van der Waals surface area (Å²) in [6.07, 6.45) is 2.19. The van der Waals surface area contributed by atoms with Gasteiger partial charge in [0.25, 0.3) is 0 Å². The quantitative estimate of drug-likeness (QED) is 0.719. The second-order valence-electron chi connectivity index (χ2n) is 3.75. The summed E-state index contributed by atoms with van der Waals surface area (Å²) in [5.41, 5.74) is 5.80. The molecule has 1 unspecified atom stereocenters. The van der Waals surface area contributed by atoms with Crippen LogP contribution in [-0.2, 0) is 9.53 Å². The zero-order valence-electron chi connectivity index (χ0n) is 9.20. The van der Waals surface area contributed by atoms with E-state index in [1.807, 2.05) is 0 Å². The normalized spacial score (nSPS) is 20.0. The van der Waals surface area contributed by atoms with Crippen LogP contribution in [0.3, 0.4) is 0 Å². The molecule has 1 aromatic rings. The van der Waals surface area contributed by atoms with Crippen LogP contribution < -0.4 is 10.6 Å². The number of amides is 1. The highest BCUT2D eigenvalue weighted by Gasteiger charge is 2.28. The van der Waals surface area contributed by atoms with Gasteiger partial charge >= 0.3 is 0 Å². The third kappa shape index (κ3) is 2.42. The third-order valence-electron chi connectivity index (χ3n) is 2.66. The molecule has 0 saturated carbocycles. The Balaban J connectivity index is 2.23. The van der Waals surface area contributed by atoms with Crippen LogP contribution in [0.2, 0.25) is 0 Å². The van der Waals surface area contributed by atoms with Crippen molar-refractivity contribution in [3.05, 3.63) is 23.9 Å². The fourth-order valence-electron chi connectivity index (χ4n) is 1.75. The highest BCUT2D eigenvalue weighted by Crippen LogP contribution is 2.17. The van der Waals surface area contributed by atoms with E-state index in [1.165, 1.54) is 6.20 Å². The van der Waals surface area contributed by atoms with Crippen molar-refractivity contribution in [2.45, 2.75) is 6.04 Å². The van der Waals surface area contributed by atoms with E-state index >= 15 is 0 Å². The number of pyridine rings is 1. The molecule has 0 spiro atoms. The first-order valence-corrected chi connectivity index (χ1v) is 5.27. The van der Waals surface area contributed by atoms with Crippen molar-refractivity contribution in [1.29, 1.82) is 0 Å². The van der Waals surface area contributed by atoms with Crippen molar-refractivity contribution in [1.82, 2.24) is 4.98 Å². The summed E-state index contributed by atoms with van der Waals surface area (Å²) in [6.45, 7) is 1.36. The van der Waals surface area contributed by atoms with Crippen molar-refractivity contribution in [2.75, 3.05) is 24.7 Å². The van der Waals surface area contributed by atoms with Crippen molar-refractivity contribution in [3.8, 4) is 0 Å². The van der Waals surface area contributed by atoms with Crippen LogP contribution in [0.1, 0.15) is 10.4 Å². The van der Waals surface area contributed by atoms with Crippen molar-refractivity contribution in [3.63, 3.8) is 0 Å². The molecule has 1 aromatic heterocycles. The summed E-state index contributed by atoms with van der Waals surface area (Å²) in [7, 11) is 0. The minimum absolute atomic E-state index is 0.270. The molecule has 17 heavy (non-hydrogen) atoms. The first-order valence-electron chi connectivity index (χ1n) is 5.27. The summed E-state index contributed by atoms with van der Waals surface area (Å²) >= 11 is 0. The summed E-state index contributed by atoms with van der Waals surface area (Å²) < 4.78 is 5.21. The highest BCUT2D eigenvalue weighted by atomic mass is 16.5. The maximum absolute atomic E-state index is 11.3. The van der Waals surface area contributed by atoms with Gasteiger partial charge in [-0.1, -0.05) is 0 Å². The van der Waals surface area contributed by atoms with Gasteiger partial charge in [0.05, 0.1) is 13.2 Å². The zero-order chi connectivity index (χ0) is 12.3. The van der Waals surface area contributed by atoms with Gasteiger partial charge in [0.1, 0.15) is 11.9 Å². The molecule has 90 valence electrons. The molecule has 1 fully saturated rings. The highest BCUT2D eigenvalue weighted by molar-refractivity contribution is 5.84. The Kier molecular flexibility index (Phi) is 3.34. The number of hydrogen-bond acceptors (Lipinski definition) is 5. The molecule has 6 heteroatoms. The molecule has 1 amide bonds. The number of carbonyl (C=O) groups excluding carboxylic acids is 2. The molecule has 2 N–H and O–H groups in total. The molecule has 2 heterocycles. The minimum Gasteiger partial charge on any atom is -0.377 e. The van der Waals surface area contributed by atoms with Gasteiger partial charge in [-0.25, -0.2) is 4.98 Å². The molecule has 1 atom stereocenters. The molecule has 1 aliphatic heterocycles. The number of carbonyl (C=O) groups is 2. The van der Waals surface area contributed by atoms with E-state index in [9.17, 15) is 9.59 Å². The first kappa shape index (κ1) is 11.5. The Bertz CT molecular complexity index is 418. The van der Waals surface area contributed by atoms with Crippen molar-refractivity contribution < 1.29 is 14.3 Å². The Morgan fingerprint density at radius 2 is 2.41 bits per heavy atom. The predicted molar refractivity (Wildman–Crippen MR) is 60.8 cm³/mol. The molecule has 0 aromatic carbocycles. The van der Waals surface area contributed by atoms with Crippen LogP contribution in [0.4, 0.5) is 5.82 Å². The number of morpholine rings is 1. The summed E-state index contributed by atoms with van der Waals surface area (Å²) in [5, 5.41) is 0. The molecule has 1 aliphatic rings. The van der Waals surface area contributed by atoms with Gasteiger partial charge in [-0.3, -0.25) is 9.59 Å². The fourth-order valence-corrected chi connectivity index (χ4v) is 1.75. The number of primary amides is 1. The Morgan fingerprint density at radius 1 is 1.59 bits per heavy atom. The summed E-state index contributed by atoms with van der Waals surface area (Å²) in [5.74, 6) is 0.189. The Hall–Kier alpha value is -1.95. The maximum Gasteiger partial charge on any atom is 0.242 e. The number of aldehydes is 1. The second kappa shape index (κ2) is 4.92. The van der Waals surface area contributed by atoms with Gasteiger partial charge in [-0.05, 0) is 12.1 Å². The van der Waals surface area contributed by atoms with Crippen LogP contribution in [-0.4, -0.2) is 43.0 Å². The molecule has 2 rings (SSSR count). The van der Waals surface area contributed by atoms with Crippen LogP contribution in [0, 0.1) is 0 Å².